The molecular formula is C19H18BrFN2. The van der Waals surface area contributed by atoms with Crippen LogP contribution >= 0.6 is 15.9 Å². The summed E-state index contributed by atoms with van der Waals surface area (Å²) >= 11 is 3.55. The SMILES string of the molecule is Cc1cccc(NC2CCCc3c2[nH]c2ccc(Br)cc32)c1F. The van der Waals surface area contributed by atoms with Crippen LogP contribution in [-0.2, 0) is 6.42 Å². The van der Waals surface area contributed by atoms with Crippen LogP contribution in [-0.4, -0.2) is 4.98 Å². The van der Waals surface area contributed by atoms with E-state index < -0.39 is 0 Å². The molecule has 0 radical (unpaired) electrons. The quantitative estimate of drug-likeness (QED) is 0.578. The van der Waals surface area contributed by atoms with Crippen LogP contribution in [0.1, 0.15) is 35.7 Å². The van der Waals surface area contributed by atoms with E-state index >= 15 is 0 Å². The molecule has 0 saturated heterocycles. The van der Waals surface area contributed by atoms with Gasteiger partial charge in [-0.3, -0.25) is 0 Å². The Labute approximate surface area is 143 Å². The Morgan fingerprint density at radius 2 is 2.13 bits per heavy atom. The molecule has 2 nitrogen and oxygen atoms in total. The van der Waals surface area contributed by atoms with E-state index in [2.05, 4.69) is 38.4 Å². The van der Waals surface area contributed by atoms with E-state index in [1.165, 1.54) is 16.6 Å². The minimum absolute atomic E-state index is 0.126. The summed E-state index contributed by atoms with van der Waals surface area (Å²) < 4.78 is 15.4. The van der Waals surface area contributed by atoms with E-state index in [1.807, 2.05) is 18.2 Å². The number of hydrogen-bond acceptors (Lipinski definition) is 1. The maximum absolute atomic E-state index is 14.3. The van der Waals surface area contributed by atoms with Crippen molar-refractivity contribution in [2.24, 2.45) is 0 Å². The molecule has 0 amide bonds. The van der Waals surface area contributed by atoms with Crippen molar-refractivity contribution in [3.05, 3.63) is 63.5 Å². The predicted molar refractivity (Wildman–Crippen MR) is 96.4 cm³/mol. The summed E-state index contributed by atoms with van der Waals surface area (Å²) in [5.41, 5.74) is 4.97. The summed E-state index contributed by atoms with van der Waals surface area (Å²) in [4.78, 5) is 3.54. The third kappa shape index (κ3) is 2.55. The van der Waals surface area contributed by atoms with Crippen LogP contribution in [0.25, 0.3) is 10.9 Å². The van der Waals surface area contributed by atoms with Crippen LogP contribution < -0.4 is 5.32 Å². The second-order valence-electron chi connectivity index (χ2n) is 6.23. The standard InChI is InChI=1S/C19H18BrFN2/c1-11-4-2-6-16(18(11)21)22-17-7-3-5-13-14-10-12(20)8-9-15(14)23-19(13)17/h2,4,6,8-10,17,22-23H,3,5,7H2,1H3. The number of aromatic amines is 1. The first-order valence-corrected chi connectivity index (χ1v) is 8.74. The smallest absolute Gasteiger partial charge is 0.149 e. The third-order valence-electron chi connectivity index (χ3n) is 4.69. The second kappa shape index (κ2) is 5.68. The summed E-state index contributed by atoms with van der Waals surface area (Å²) in [6.07, 6.45) is 3.19. The van der Waals surface area contributed by atoms with Crippen LogP contribution in [0.5, 0.6) is 0 Å². The Kier molecular flexibility index (Phi) is 3.64. The van der Waals surface area contributed by atoms with Crippen LogP contribution in [0, 0.1) is 12.7 Å². The monoisotopic (exact) mass is 372 g/mol. The number of halogens is 2. The first-order chi connectivity index (χ1) is 11.1. The number of aromatic nitrogens is 1. The van der Waals surface area contributed by atoms with Gasteiger partial charge in [-0.05, 0) is 61.6 Å². The number of aryl methyl sites for hydroxylation is 2. The van der Waals surface area contributed by atoms with Crippen molar-refractivity contribution >= 4 is 32.5 Å². The number of fused-ring (bicyclic) bond motifs is 3. The van der Waals surface area contributed by atoms with Gasteiger partial charge in [0.05, 0.1) is 11.7 Å². The van der Waals surface area contributed by atoms with Crippen molar-refractivity contribution in [3.8, 4) is 0 Å². The fraction of sp³-hybridized carbons (Fsp3) is 0.263. The molecule has 0 saturated carbocycles. The number of benzene rings is 2. The number of anilines is 1. The molecule has 23 heavy (non-hydrogen) atoms. The minimum atomic E-state index is -0.154. The molecule has 3 aromatic rings. The molecule has 2 aromatic carbocycles. The number of H-pyrrole nitrogens is 1. The highest BCUT2D eigenvalue weighted by molar-refractivity contribution is 9.10. The van der Waals surface area contributed by atoms with E-state index in [1.54, 1.807) is 13.0 Å². The Bertz CT molecular complexity index is 884. The van der Waals surface area contributed by atoms with E-state index in [4.69, 9.17) is 0 Å². The molecule has 1 aliphatic rings. The first kappa shape index (κ1) is 14.8. The lowest BCUT2D eigenvalue weighted by Gasteiger charge is -2.25. The third-order valence-corrected chi connectivity index (χ3v) is 5.18. The second-order valence-corrected chi connectivity index (χ2v) is 7.15. The van der Waals surface area contributed by atoms with Crippen molar-refractivity contribution in [2.45, 2.75) is 32.2 Å². The van der Waals surface area contributed by atoms with Crippen LogP contribution in [0.4, 0.5) is 10.1 Å². The van der Waals surface area contributed by atoms with Gasteiger partial charge in [0.1, 0.15) is 5.82 Å². The van der Waals surface area contributed by atoms with Crippen LogP contribution in [0.2, 0.25) is 0 Å². The van der Waals surface area contributed by atoms with Gasteiger partial charge in [0.15, 0.2) is 0 Å². The molecule has 4 heteroatoms. The van der Waals surface area contributed by atoms with Crippen LogP contribution in [0.3, 0.4) is 0 Å². The van der Waals surface area contributed by atoms with Crippen molar-refractivity contribution in [3.63, 3.8) is 0 Å². The average Bonchev–Trinajstić information content (AvgIpc) is 2.91. The number of rotatable bonds is 2. The fourth-order valence-corrected chi connectivity index (χ4v) is 3.89. The van der Waals surface area contributed by atoms with Crippen molar-refractivity contribution in [2.75, 3.05) is 5.32 Å². The normalized spacial score (nSPS) is 17.3. The molecule has 1 unspecified atom stereocenters. The first-order valence-electron chi connectivity index (χ1n) is 7.95. The molecule has 1 heterocycles. The van der Waals surface area contributed by atoms with Gasteiger partial charge >= 0.3 is 0 Å². The zero-order valence-corrected chi connectivity index (χ0v) is 14.5. The summed E-state index contributed by atoms with van der Waals surface area (Å²) in [5.74, 6) is -0.154. The molecule has 118 valence electrons. The van der Waals surface area contributed by atoms with Gasteiger partial charge in [0.2, 0.25) is 0 Å². The highest BCUT2D eigenvalue weighted by atomic mass is 79.9. The molecule has 1 atom stereocenters. The zero-order valence-electron chi connectivity index (χ0n) is 12.9. The summed E-state index contributed by atoms with van der Waals surface area (Å²) in [5, 5.41) is 4.67. The average molecular weight is 373 g/mol. The lowest BCUT2D eigenvalue weighted by Crippen LogP contribution is -2.18. The van der Waals surface area contributed by atoms with Gasteiger partial charge in [-0.15, -0.1) is 0 Å². The van der Waals surface area contributed by atoms with Gasteiger partial charge in [-0.1, -0.05) is 28.1 Å². The van der Waals surface area contributed by atoms with E-state index in [9.17, 15) is 4.39 Å². The number of nitrogens with one attached hydrogen (secondary N) is 2. The zero-order chi connectivity index (χ0) is 16.0. The molecule has 1 aliphatic carbocycles. The predicted octanol–water partition coefficient (Wildman–Crippen LogP) is 5.87. The molecule has 0 aliphatic heterocycles. The topological polar surface area (TPSA) is 27.8 Å². The van der Waals surface area contributed by atoms with Gasteiger partial charge in [-0.2, -0.15) is 0 Å². The maximum atomic E-state index is 14.3. The summed E-state index contributed by atoms with van der Waals surface area (Å²) in [6.45, 7) is 1.80. The minimum Gasteiger partial charge on any atom is -0.374 e. The van der Waals surface area contributed by atoms with Crippen LogP contribution in [0.15, 0.2) is 40.9 Å². The molecule has 2 N–H and O–H groups in total. The van der Waals surface area contributed by atoms with Gasteiger partial charge in [-0.25, -0.2) is 4.39 Å². The van der Waals surface area contributed by atoms with Crippen molar-refractivity contribution < 1.29 is 4.39 Å². The van der Waals surface area contributed by atoms with E-state index in [-0.39, 0.29) is 11.9 Å². The van der Waals surface area contributed by atoms with Gasteiger partial charge in [0.25, 0.3) is 0 Å². The highest BCUT2D eigenvalue weighted by Crippen LogP contribution is 2.37. The van der Waals surface area contributed by atoms with Crippen molar-refractivity contribution in [1.82, 2.24) is 4.98 Å². The highest BCUT2D eigenvalue weighted by Gasteiger charge is 2.25. The lowest BCUT2D eigenvalue weighted by molar-refractivity contribution is 0.578. The Morgan fingerprint density at radius 1 is 1.26 bits per heavy atom. The lowest BCUT2D eigenvalue weighted by atomic mass is 9.91. The largest absolute Gasteiger partial charge is 0.374 e. The molecule has 4 rings (SSSR count). The summed E-state index contributed by atoms with van der Waals surface area (Å²) in [6, 6.07) is 12.0. The molecule has 0 bridgehead atoms. The molecule has 0 spiro atoms. The molecule has 0 fully saturated rings. The van der Waals surface area contributed by atoms with E-state index in [0.29, 0.717) is 11.3 Å². The molecule has 1 aromatic heterocycles. The van der Waals surface area contributed by atoms with Crippen molar-refractivity contribution in [1.29, 1.82) is 0 Å². The fourth-order valence-electron chi connectivity index (χ4n) is 3.53. The van der Waals surface area contributed by atoms with Gasteiger partial charge in [0, 0.05) is 21.1 Å². The Morgan fingerprint density at radius 3 is 3.00 bits per heavy atom. The van der Waals surface area contributed by atoms with E-state index in [0.717, 1.165) is 29.3 Å². The Balaban J connectivity index is 1.76. The maximum Gasteiger partial charge on any atom is 0.149 e. The number of hydrogen-bond donors (Lipinski definition) is 2. The summed E-state index contributed by atoms with van der Waals surface area (Å²) in [7, 11) is 0. The van der Waals surface area contributed by atoms with Gasteiger partial charge < -0.3 is 10.3 Å². The Hall–Kier alpha value is -1.81. The molecular weight excluding hydrogens is 355 g/mol.